The number of ketones is 1. The Labute approximate surface area is 158 Å². The van der Waals surface area contributed by atoms with Crippen LogP contribution in [0.3, 0.4) is 0 Å². The highest BCUT2D eigenvalue weighted by Gasteiger charge is 2.23. The maximum Gasteiger partial charge on any atom is 0.262 e. The number of aromatic nitrogens is 2. The molecule has 138 valence electrons. The Hall–Kier alpha value is -3.00. The van der Waals surface area contributed by atoms with Crippen LogP contribution >= 0.6 is 11.3 Å². The van der Waals surface area contributed by atoms with Gasteiger partial charge in [-0.2, -0.15) is 0 Å². The molecule has 1 amide bonds. The van der Waals surface area contributed by atoms with Crippen LogP contribution in [0.4, 0.5) is 5.69 Å². The summed E-state index contributed by atoms with van der Waals surface area (Å²) >= 11 is 1.49. The van der Waals surface area contributed by atoms with Gasteiger partial charge >= 0.3 is 0 Å². The second-order valence-electron chi connectivity index (χ2n) is 6.33. The molecule has 0 saturated heterocycles. The van der Waals surface area contributed by atoms with Crippen molar-refractivity contribution in [3.05, 3.63) is 51.4 Å². The minimum atomic E-state index is -0.724. The summed E-state index contributed by atoms with van der Waals surface area (Å²) in [6.07, 6.45) is 2.25. The van der Waals surface area contributed by atoms with E-state index in [4.69, 9.17) is 4.74 Å². The van der Waals surface area contributed by atoms with Gasteiger partial charge in [0.05, 0.1) is 23.4 Å². The average Bonchev–Trinajstić information content (AvgIpc) is 3.11. The topological polar surface area (TPSA) is 90.3 Å². The molecule has 3 aromatic rings. The van der Waals surface area contributed by atoms with Gasteiger partial charge in [-0.1, -0.05) is 6.92 Å². The average molecular weight is 383 g/mol. The van der Waals surface area contributed by atoms with E-state index in [-0.39, 0.29) is 23.9 Å². The van der Waals surface area contributed by atoms with Gasteiger partial charge in [0.15, 0.2) is 12.4 Å². The Morgan fingerprint density at radius 2 is 2.19 bits per heavy atom. The lowest BCUT2D eigenvalue weighted by atomic mass is 10.0. The van der Waals surface area contributed by atoms with Crippen LogP contribution in [0.5, 0.6) is 5.75 Å². The van der Waals surface area contributed by atoms with Crippen molar-refractivity contribution < 1.29 is 14.3 Å². The summed E-state index contributed by atoms with van der Waals surface area (Å²) in [5, 5.41) is 3.22. The van der Waals surface area contributed by atoms with E-state index >= 15 is 0 Å². The number of thiophene rings is 1. The van der Waals surface area contributed by atoms with Crippen LogP contribution < -0.4 is 15.6 Å². The highest BCUT2D eigenvalue weighted by molar-refractivity contribution is 7.18. The Balaban J connectivity index is 1.69. The first-order valence-corrected chi connectivity index (χ1v) is 9.40. The Kier molecular flexibility index (Phi) is 4.27. The van der Waals surface area contributed by atoms with Crippen molar-refractivity contribution in [3.8, 4) is 5.75 Å². The molecule has 1 unspecified atom stereocenters. The first kappa shape index (κ1) is 17.4. The molecular formula is C19H17N3O4S. The number of ether oxygens (including phenoxy) is 1. The molecule has 1 aromatic carbocycles. The number of Topliss-reactive ketones (excluding diaryl/α,β-unsaturated/α-hetero) is 1. The van der Waals surface area contributed by atoms with Crippen molar-refractivity contribution >= 4 is 38.9 Å². The minimum Gasteiger partial charge on any atom is -0.482 e. The molecule has 1 aliphatic heterocycles. The fraction of sp³-hybridized carbons (Fsp3) is 0.263. The number of anilines is 1. The second-order valence-corrected chi connectivity index (χ2v) is 7.45. The molecular weight excluding hydrogens is 366 g/mol. The maximum absolute atomic E-state index is 12.9. The number of nitrogens with zero attached hydrogens (tertiary/aromatic N) is 2. The molecule has 0 aliphatic carbocycles. The molecule has 0 fully saturated rings. The number of carbonyl (C=O) groups is 2. The highest BCUT2D eigenvalue weighted by Crippen LogP contribution is 2.30. The van der Waals surface area contributed by atoms with Gasteiger partial charge in [-0.15, -0.1) is 11.3 Å². The second kappa shape index (κ2) is 6.62. The van der Waals surface area contributed by atoms with Gasteiger partial charge in [0.2, 0.25) is 0 Å². The van der Waals surface area contributed by atoms with Crippen molar-refractivity contribution in [2.75, 3.05) is 11.9 Å². The molecule has 0 bridgehead atoms. The van der Waals surface area contributed by atoms with Gasteiger partial charge in [-0.05, 0) is 37.6 Å². The van der Waals surface area contributed by atoms with Gasteiger partial charge in [-0.25, -0.2) is 4.98 Å². The molecule has 27 heavy (non-hydrogen) atoms. The van der Waals surface area contributed by atoms with E-state index in [1.807, 2.05) is 13.0 Å². The predicted molar refractivity (Wildman–Crippen MR) is 103 cm³/mol. The largest absolute Gasteiger partial charge is 0.482 e. The van der Waals surface area contributed by atoms with E-state index in [1.54, 1.807) is 25.1 Å². The molecule has 3 heterocycles. The minimum absolute atomic E-state index is 0.0435. The summed E-state index contributed by atoms with van der Waals surface area (Å²) in [6.45, 7) is 3.64. The first-order valence-electron chi connectivity index (χ1n) is 8.58. The van der Waals surface area contributed by atoms with E-state index in [0.29, 0.717) is 27.2 Å². The molecule has 2 aromatic heterocycles. The van der Waals surface area contributed by atoms with Gasteiger partial charge in [0.25, 0.3) is 11.5 Å². The number of aryl methyl sites for hydroxylation is 1. The summed E-state index contributed by atoms with van der Waals surface area (Å²) < 4.78 is 6.66. The molecule has 7 nitrogen and oxygen atoms in total. The summed E-state index contributed by atoms with van der Waals surface area (Å²) in [4.78, 5) is 43.3. The number of benzene rings is 1. The van der Waals surface area contributed by atoms with Gasteiger partial charge in [0.1, 0.15) is 10.6 Å². The fourth-order valence-corrected chi connectivity index (χ4v) is 3.97. The lowest BCUT2D eigenvalue weighted by molar-refractivity contribution is -0.118. The van der Waals surface area contributed by atoms with Crippen LogP contribution in [-0.4, -0.2) is 27.8 Å². The number of amides is 1. The van der Waals surface area contributed by atoms with Crippen LogP contribution in [0.15, 0.2) is 35.4 Å². The summed E-state index contributed by atoms with van der Waals surface area (Å²) in [6, 6.07) is 5.96. The molecule has 1 aliphatic rings. The van der Waals surface area contributed by atoms with Gasteiger partial charge in [-0.3, -0.25) is 19.0 Å². The van der Waals surface area contributed by atoms with Crippen molar-refractivity contribution in [3.63, 3.8) is 0 Å². The van der Waals surface area contributed by atoms with Crippen molar-refractivity contribution in [2.45, 2.75) is 26.3 Å². The molecule has 0 radical (unpaired) electrons. The third-order valence-electron chi connectivity index (χ3n) is 4.57. The van der Waals surface area contributed by atoms with E-state index < -0.39 is 6.04 Å². The molecule has 0 saturated carbocycles. The number of hydrogen-bond acceptors (Lipinski definition) is 6. The predicted octanol–water partition coefficient (Wildman–Crippen LogP) is 2.80. The van der Waals surface area contributed by atoms with Crippen molar-refractivity contribution in [1.82, 2.24) is 9.55 Å². The molecule has 1 atom stereocenters. The molecule has 8 heteroatoms. The van der Waals surface area contributed by atoms with E-state index in [2.05, 4.69) is 10.3 Å². The standard InChI is InChI=1S/C19H17N3O4S/c1-3-12-7-13-18(27-12)20-9-22(19(13)25)10(2)17(24)11-4-5-15-14(6-11)21-16(23)8-26-15/h4-7,9-10H,3,8H2,1-2H3,(H,21,23). The van der Waals surface area contributed by atoms with Gasteiger partial charge < -0.3 is 10.1 Å². The smallest absolute Gasteiger partial charge is 0.262 e. The summed E-state index contributed by atoms with van der Waals surface area (Å²) in [7, 11) is 0. The third kappa shape index (κ3) is 3.02. The maximum atomic E-state index is 12.9. The number of rotatable bonds is 4. The zero-order chi connectivity index (χ0) is 19.1. The fourth-order valence-electron chi connectivity index (χ4n) is 3.04. The van der Waals surface area contributed by atoms with E-state index in [1.165, 1.54) is 22.2 Å². The number of hydrogen-bond donors (Lipinski definition) is 1. The van der Waals surface area contributed by atoms with Crippen LogP contribution in [-0.2, 0) is 11.2 Å². The number of nitrogens with one attached hydrogen (secondary N) is 1. The first-order chi connectivity index (χ1) is 13.0. The zero-order valence-corrected chi connectivity index (χ0v) is 15.6. The normalized spacial score (nSPS) is 14.4. The van der Waals surface area contributed by atoms with Crippen LogP contribution in [0.1, 0.15) is 35.1 Å². The lowest BCUT2D eigenvalue weighted by Gasteiger charge is -2.19. The Morgan fingerprint density at radius 3 is 2.96 bits per heavy atom. The molecule has 0 spiro atoms. The lowest BCUT2D eigenvalue weighted by Crippen LogP contribution is -2.29. The van der Waals surface area contributed by atoms with Crippen LogP contribution in [0, 0.1) is 0 Å². The van der Waals surface area contributed by atoms with Gasteiger partial charge in [0, 0.05) is 10.4 Å². The van der Waals surface area contributed by atoms with E-state index in [0.717, 1.165) is 11.3 Å². The Bertz CT molecular complexity index is 1130. The molecule has 1 N–H and O–H groups in total. The summed E-state index contributed by atoms with van der Waals surface area (Å²) in [5.74, 6) is 0.00597. The monoisotopic (exact) mass is 383 g/mol. The van der Waals surface area contributed by atoms with Crippen LogP contribution in [0.2, 0.25) is 0 Å². The quantitative estimate of drug-likeness (QED) is 0.700. The Morgan fingerprint density at radius 1 is 1.37 bits per heavy atom. The number of fused-ring (bicyclic) bond motifs is 2. The van der Waals surface area contributed by atoms with Crippen LogP contribution in [0.25, 0.3) is 10.2 Å². The van der Waals surface area contributed by atoms with Crippen molar-refractivity contribution in [1.29, 1.82) is 0 Å². The summed E-state index contributed by atoms with van der Waals surface area (Å²) in [5.41, 5.74) is 0.612. The van der Waals surface area contributed by atoms with E-state index in [9.17, 15) is 14.4 Å². The van der Waals surface area contributed by atoms with Crippen molar-refractivity contribution in [2.24, 2.45) is 0 Å². The SMILES string of the molecule is CCc1cc2c(=O)n(C(C)C(=O)c3ccc4c(c3)NC(=O)CO4)cnc2s1. The number of carbonyl (C=O) groups excluding carboxylic acids is 2. The zero-order valence-electron chi connectivity index (χ0n) is 14.8. The molecule has 4 rings (SSSR count). The highest BCUT2D eigenvalue weighted by atomic mass is 32.1. The third-order valence-corrected chi connectivity index (χ3v) is 5.76.